The minimum atomic E-state index is 0.0910. The predicted molar refractivity (Wildman–Crippen MR) is 74.5 cm³/mol. The van der Waals surface area contributed by atoms with Crippen LogP contribution < -0.4 is 15.0 Å². The van der Waals surface area contributed by atoms with Crippen molar-refractivity contribution in [2.45, 2.75) is 32.2 Å². The summed E-state index contributed by atoms with van der Waals surface area (Å²) in [5, 5.41) is 2.89. The number of ether oxygens (including phenoxy) is 1. The van der Waals surface area contributed by atoms with Crippen molar-refractivity contribution in [3.05, 3.63) is 5.82 Å². The Morgan fingerprint density at radius 1 is 1.30 bits per heavy atom. The first-order valence-corrected chi connectivity index (χ1v) is 6.84. The summed E-state index contributed by atoms with van der Waals surface area (Å²) < 4.78 is 5.05. The van der Waals surface area contributed by atoms with Crippen molar-refractivity contribution in [2.75, 3.05) is 26.1 Å². The zero-order valence-electron chi connectivity index (χ0n) is 12.2. The quantitative estimate of drug-likeness (QED) is 0.857. The first-order chi connectivity index (χ1) is 9.60. The van der Waals surface area contributed by atoms with E-state index in [4.69, 9.17) is 4.74 Å². The predicted octanol–water partition coefficient (Wildman–Crippen LogP) is 0.753. The number of rotatable bonds is 5. The summed E-state index contributed by atoms with van der Waals surface area (Å²) in [7, 11) is 5.20. The van der Waals surface area contributed by atoms with Crippen molar-refractivity contribution in [2.24, 2.45) is 5.92 Å². The van der Waals surface area contributed by atoms with E-state index < -0.39 is 0 Å². The highest BCUT2D eigenvalue weighted by atomic mass is 16.5. The molecule has 0 bridgehead atoms. The van der Waals surface area contributed by atoms with Crippen LogP contribution in [0, 0.1) is 5.92 Å². The summed E-state index contributed by atoms with van der Waals surface area (Å²) in [6.45, 7) is 0.301. The van der Waals surface area contributed by atoms with Gasteiger partial charge in [0.25, 0.3) is 0 Å². The molecule has 0 spiro atoms. The van der Waals surface area contributed by atoms with Crippen molar-refractivity contribution in [3.63, 3.8) is 0 Å². The summed E-state index contributed by atoms with van der Waals surface area (Å²) in [6.07, 6.45) is 4.25. The molecule has 7 heteroatoms. The minimum absolute atomic E-state index is 0.0910. The molecule has 2 rings (SSSR count). The van der Waals surface area contributed by atoms with Crippen molar-refractivity contribution < 1.29 is 9.53 Å². The van der Waals surface area contributed by atoms with E-state index in [0.717, 1.165) is 25.7 Å². The fourth-order valence-electron chi connectivity index (χ4n) is 2.26. The summed E-state index contributed by atoms with van der Waals surface area (Å²) in [6, 6.07) is 0.258. The monoisotopic (exact) mass is 279 g/mol. The third-order valence-corrected chi connectivity index (χ3v) is 3.38. The molecule has 1 aromatic heterocycles. The molecule has 0 atom stereocenters. The molecule has 0 aliphatic heterocycles. The van der Waals surface area contributed by atoms with Gasteiger partial charge in [0, 0.05) is 20.0 Å². The van der Waals surface area contributed by atoms with Crippen LogP contribution in [0.3, 0.4) is 0 Å². The molecule has 1 heterocycles. The topological polar surface area (TPSA) is 80.2 Å². The highest BCUT2D eigenvalue weighted by Crippen LogP contribution is 2.24. The van der Waals surface area contributed by atoms with Crippen molar-refractivity contribution in [1.82, 2.24) is 20.3 Å². The molecular formula is C13H21N5O2. The molecule has 1 fully saturated rings. The molecule has 1 aromatic rings. The van der Waals surface area contributed by atoms with E-state index in [-0.39, 0.29) is 17.8 Å². The number of aromatic nitrogens is 3. The summed E-state index contributed by atoms with van der Waals surface area (Å²) in [4.78, 5) is 26.3. The summed E-state index contributed by atoms with van der Waals surface area (Å²) >= 11 is 0. The Bertz CT molecular complexity index is 472. The zero-order valence-corrected chi connectivity index (χ0v) is 12.2. The number of methoxy groups -OCH3 is 1. The maximum absolute atomic E-state index is 12.0. The van der Waals surface area contributed by atoms with E-state index in [1.807, 2.05) is 14.1 Å². The van der Waals surface area contributed by atoms with Crippen LogP contribution in [0.1, 0.15) is 31.5 Å². The lowest BCUT2D eigenvalue weighted by Gasteiger charge is -2.13. The Morgan fingerprint density at radius 3 is 2.60 bits per heavy atom. The number of nitrogens with zero attached hydrogens (tertiary/aromatic N) is 4. The molecule has 0 saturated heterocycles. The molecular weight excluding hydrogens is 258 g/mol. The number of hydrogen-bond donors (Lipinski definition) is 1. The Labute approximate surface area is 118 Å². The van der Waals surface area contributed by atoms with Gasteiger partial charge >= 0.3 is 6.01 Å². The fraction of sp³-hybridized carbons (Fsp3) is 0.692. The van der Waals surface area contributed by atoms with Crippen molar-refractivity contribution in [3.8, 4) is 6.01 Å². The third kappa shape index (κ3) is 3.55. The Hall–Kier alpha value is -1.92. The minimum Gasteiger partial charge on any atom is -0.467 e. The van der Waals surface area contributed by atoms with Crippen molar-refractivity contribution in [1.29, 1.82) is 0 Å². The van der Waals surface area contributed by atoms with Gasteiger partial charge in [-0.2, -0.15) is 15.0 Å². The molecule has 110 valence electrons. The third-order valence-electron chi connectivity index (χ3n) is 3.38. The van der Waals surface area contributed by atoms with Gasteiger partial charge < -0.3 is 15.0 Å². The normalized spacial score (nSPS) is 15.2. The fourth-order valence-corrected chi connectivity index (χ4v) is 2.26. The Morgan fingerprint density at radius 2 is 2.00 bits per heavy atom. The molecule has 0 aromatic carbocycles. The average Bonchev–Trinajstić information content (AvgIpc) is 2.98. The van der Waals surface area contributed by atoms with Crippen molar-refractivity contribution >= 4 is 11.9 Å². The average molecular weight is 279 g/mol. The largest absolute Gasteiger partial charge is 0.467 e. The lowest BCUT2D eigenvalue weighted by molar-refractivity contribution is -0.125. The summed E-state index contributed by atoms with van der Waals surface area (Å²) in [5.74, 6) is 1.26. The second-order valence-corrected chi connectivity index (χ2v) is 5.13. The van der Waals surface area contributed by atoms with E-state index in [9.17, 15) is 4.79 Å². The maximum atomic E-state index is 12.0. The molecule has 0 unspecified atom stereocenters. The van der Waals surface area contributed by atoms with Crippen LogP contribution in [0.2, 0.25) is 0 Å². The molecule has 1 amide bonds. The van der Waals surface area contributed by atoms with Gasteiger partial charge in [0.1, 0.15) is 0 Å². The Balaban J connectivity index is 2.00. The van der Waals surface area contributed by atoms with Gasteiger partial charge in [-0.15, -0.1) is 0 Å². The molecule has 20 heavy (non-hydrogen) atoms. The molecule has 1 aliphatic carbocycles. The van der Waals surface area contributed by atoms with Crippen LogP contribution >= 0.6 is 0 Å². The van der Waals surface area contributed by atoms with Crippen LogP contribution in [0.5, 0.6) is 6.01 Å². The Kier molecular flexibility index (Phi) is 4.70. The van der Waals surface area contributed by atoms with E-state index >= 15 is 0 Å². The number of carbonyl (C=O) groups excluding carboxylic acids is 1. The van der Waals surface area contributed by atoms with Crippen LogP contribution in [-0.2, 0) is 11.3 Å². The van der Waals surface area contributed by atoms with Crippen LogP contribution in [0.15, 0.2) is 0 Å². The van der Waals surface area contributed by atoms with Gasteiger partial charge in [0.2, 0.25) is 11.9 Å². The standard InChI is InChI=1S/C13H21N5O2/c1-18(2)12-15-10(16-13(17-12)20-3)8-14-11(19)9-6-4-5-7-9/h9H,4-8H2,1-3H3,(H,14,19). The lowest BCUT2D eigenvalue weighted by atomic mass is 10.1. The summed E-state index contributed by atoms with van der Waals surface area (Å²) in [5.41, 5.74) is 0. The molecule has 1 saturated carbocycles. The smallest absolute Gasteiger partial charge is 0.321 e. The molecule has 7 nitrogen and oxygen atoms in total. The first-order valence-electron chi connectivity index (χ1n) is 6.84. The molecule has 1 aliphatic rings. The van der Waals surface area contributed by atoms with E-state index in [1.54, 1.807) is 4.90 Å². The van der Waals surface area contributed by atoms with E-state index in [0.29, 0.717) is 18.3 Å². The highest BCUT2D eigenvalue weighted by Gasteiger charge is 2.22. The van der Waals surface area contributed by atoms with Crippen LogP contribution in [-0.4, -0.2) is 42.1 Å². The van der Waals surface area contributed by atoms with Crippen LogP contribution in [0.25, 0.3) is 0 Å². The van der Waals surface area contributed by atoms with Gasteiger partial charge in [-0.3, -0.25) is 4.79 Å². The maximum Gasteiger partial charge on any atom is 0.321 e. The number of amides is 1. The number of anilines is 1. The van der Waals surface area contributed by atoms with E-state index in [2.05, 4.69) is 20.3 Å². The van der Waals surface area contributed by atoms with Gasteiger partial charge in [0.05, 0.1) is 13.7 Å². The number of carbonyl (C=O) groups is 1. The highest BCUT2D eigenvalue weighted by molar-refractivity contribution is 5.78. The molecule has 0 radical (unpaired) electrons. The SMILES string of the molecule is COc1nc(CNC(=O)C2CCCC2)nc(N(C)C)n1. The van der Waals surface area contributed by atoms with Gasteiger partial charge in [-0.1, -0.05) is 12.8 Å². The lowest BCUT2D eigenvalue weighted by Crippen LogP contribution is -2.30. The van der Waals surface area contributed by atoms with Gasteiger partial charge in [-0.05, 0) is 12.8 Å². The first kappa shape index (κ1) is 14.5. The zero-order chi connectivity index (χ0) is 14.5. The number of nitrogens with one attached hydrogen (secondary N) is 1. The van der Waals surface area contributed by atoms with Crippen LogP contribution in [0.4, 0.5) is 5.95 Å². The second kappa shape index (κ2) is 6.49. The second-order valence-electron chi connectivity index (χ2n) is 5.13. The van der Waals surface area contributed by atoms with Gasteiger partial charge in [0.15, 0.2) is 5.82 Å². The molecule has 1 N–H and O–H groups in total. The van der Waals surface area contributed by atoms with E-state index in [1.165, 1.54) is 7.11 Å². The number of hydrogen-bond acceptors (Lipinski definition) is 6. The van der Waals surface area contributed by atoms with Gasteiger partial charge in [-0.25, -0.2) is 0 Å².